The molecule has 5 N–H and O–H groups in total. The molecule has 1 fully saturated rings. The summed E-state index contributed by atoms with van der Waals surface area (Å²) in [5, 5.41) is 10.0. The van der Waals surface area contributed by atoms with Gasteiger partial charge < -0.3 is 31.2 Å². The van der Waals surface area contributed by atoms with Crippen molar-refractivity contribution in [2.45, 2.75) is 12.8 Å². The highest BCUT2D eigenvalue weighted by molar-refractivity contribution is 6.04. The Hall–Kier alpha value is -3.53. The van der Waals surface area contributed by atoms with Gasteiger partial charge in [-0.3, -0.25) is 9.20 Å². The number of methoxy groups -OCH3 is 2. The van der Waals surface area contributed by atoms with Crippen LogP contribution in [0.2, 0.25) is 0 Å². The highest BCUT2D eigenvalue weighted by atomic mass is 16.5. The van der Waals surface area contributed by atoms with E-state index in [1.54, 1.807) is 49.2 Å². The normalized spacial score (nSPS) is 16.1. The number of carbonyl (C=O) groups is 1. The number of aromatic nitrogens is 3. The Labute approximate surface area is 180 Å². The topological polar surface area (TPSA) is 128 Å². The van der Waals surface area contributed by atoms with Crippen LogP contribution in [0.5, 0.6) is 11.5 Å². The Kier molecular flexibility index (Phi) is 6.08. The van der Waals surface area contributed by atoms with Gasteiger partial charge in [-0.2, -0.15) is 4.98 Å². The van der Waals surface area contributed by atoms with Gasteiger partial charge in [-0.05, 0) is 31.8 Å². The number of ether oxygens (including phenoxy) is 2. The van der Waals surface area contributed by atoms with Gasteiger partial charge in [-0.15, -0.1) is 0 Å². The molecule has 3 heterocycles. The van der Waals surface area contributed by atoms with Crippen LogP contribution in [0.25, 0.3) is 5.65 Å². The Morgan fingerprint density at radius 2 is 2.06 bits per heavy atom. The maximum Gasteiger partial charge on any atom is 0.256 e. The van der Waals surface area contributed by atoms with E-state index in [2.05, 4.69) is 25.9 Å². The Bertz CT molecular complexity index is 1050. The van der Waals surface area contributed by atoms with Crippen LogP contribution in [0.15, 0.2) is 30.6 Å². The van der Waals surface area contributed by atoms with Gasteiger partial charge in [-0.25, -0.2) is 4.98 Å². The largest absolute Gasteiger partial charge is 0.497 e. The van der Waals surface area contributed by atoms with Crippen molar-refractivity contribution in [3.8, 4) is 11.5 Å². The van der Waals surface area contributed by atoms with Gasteiger partial charge in [0.2, 0.25) is 5.95 Å². The predicted octanol–water partition coefficient (Wildman–Crippen LogP) is 2.00. The molecule has 0 bridgehead atoms. The first-order valence-electron chi connectivity index (χ1n) is 10.2. The van der Waals surface area contributed by atoms with E-state index in [1.165, 1.54) is 0 Å². The van der Waals surface area contributed by atoms with E-state index < -0.39 is 5.91 Å². The molecule has 164 valence electrons. The zero-order valence-corrected chi connectivity index (χ0v) is 17.6. The second-order valence-corrected chi connectivity index (χ2v) is 7.46. The van der Waals surface area contributed by atoms with Crippen molar-refractivity contribution in [1.29, 1.82) is 0 Å². The fourth-order valence-corrected chi connectivity index (χ4v) is 3.77. The Balaban J connectivity index is 1.71. The van der Waals surface area contributed by atoms with Crippen molar-refractivity contribution in [2.75, 3.05) is 44.5 Å². The third-order valence-electron chi connectivity index (χ3n) is 5.36. The van der Waals surface area contributed by atoms with Crippen molar-refractivity contribution in [1.82, 2.24) is 19.7 Å². The molecule has 1 aliphatic heterocycles. The fraction of sp³-hybridized carbons (Fsp3) is 0.381. The molecular weight excluding hydrogens is 398 g/mol. The fourth-order valence-electron chi connectivity index (χ4n) is 3.77. The summed E-state index contributed by atoms with van der Waals surface area (Å²) in [7, 11) is 3.15. The number of nitrogens with zero attached hydrogens (tertiary/aromatic N) is 3. The summed E-state index contributed by atoms with van der Waals surface area (Å²) >= 11 is 0. The number of primary amides is 1. The first-order valence-corrected chi connectivity index (χ1v) is 10.2. The number of imidazole rings is 1. The molecule has 0 aliphatic carbocycles. The standard InChI is InChI=1S/C21H27N7O3/c1-30-15-8-14(9-16(10-15)31-2)26-19-17(18(22)29)20-24-6-7-28(20)21(27-19)25-12-13-4-3-5-23-11-13/h6-10,13,23,26H,3-5,11-12H2,1-2H3,(H2,22,29)(H,25,27). The number of nitrogens with two attached hydrogens (primary N) is 1. The minimum atomic E-state index is -0.621. The van der Waals surface area contributed by atoms with Crippen LogP contribution in [-0.2, 0) is 0 Å². The quantitative estimate of drug-likeness (QED) is 0.431. The average molecular weight is 425 g/mol. The molecule has 1 atom stereocenters. The van der Waals surface area contributed by atoms with E-state index in [-0.39, 0.29) is 5.56 Å². The van der Waals surface area contributed by atoms with Crippen molar-refractivity contribution in [3.63, 3.8) is 0 Å². The molecule has 2 aromatic heterocycles. The summed E-state index contributed by atoms with van der Waals surface area (Å²) in [6.07, 6.45) is 5.69. The molecule has 31 heavy (non-hydrogen) atoms. The third-order valence-corrected chi connectivity index (χ3v) is 5.36. The van der Waals surface area contributed by atoms with Crippen LogP contribution >= 0.6 is 0 Å². The minimum absolute atomic E-state index is 0.205. The summed E-state index contributed by atoms with van der Waals surface area (Å²) in [6.45, 7) is 2.79. The molecule has 4 rings (SSSR count). The number of piperidine rings is 1. The van der Waals surface area contributed by atoms with Crippen molar-refractivity contribution in [3.05, 3.63) is 36.2 Å². The lowest BCUT2D eigenvalue weighted by Gasteiger charge is -2.23. The van der Waals surface area contributed by atoms with Crippen molar-refractivity contribution >= 4 is 29.0 Å². The number of amides is 1. The van der Waals surface area contributed by atoms with E-state index in [1.807, 2.05) is 0 Å². The van der Waals surface area contributed by atoms with Gasteiger partial charge >= 0.3 is 0 Å². The van der Waals surface area contributed by atoms with Gasteiger partial charge in [0.25, 0.3) is 5.91 Å². The molecule has 0 saturated carbocycles. The molecule has 0 radical (unpaired) electrons. The average Bonchev–Trinajstić information content (AvgIpc) is 3.27. The van der Waals surface area contributed by atoms with Gasteiger partial charge in [-0.1, -0.05) is 0 Å². The van der Waals surface area contributed by atoms with Crippen molar-refractivity contribution in [2.24, 2.45) is 11.7 Å². The van der Waals surface area contributed by atoms with Crippen molar-refractivity contribution < 1.29 is 14.3 Å². The van der Waals surface area contributed by atoms with Crippen LogP contribution < -0.4 is 31.2 Å². The van der Waals surface area contributed by atoms with Crippen LogP contribution in [0, 0.1) is 5.92 Å². The summed E-state index contributed by atoms with van der Waals surface area (Å²) in [6, 6.07) is 5.33. The number of carbonyl (C=O) groups excluding carboxylic acids is 1. The Morgan fingerprint density at radius 1 is 1.29 bits per heavy atom. The molecule has 10 nitrogen and oxygen atoms in total. The van der Waals surface area contributed by atoms with E-state index in [0.717, 1.165) is 32.5 Å². The molecule has 1 aromatic carbocycles. The Morgan fingerprint density at radius 3 is 2.71 bits per heavy atom. The van der Waals surface area contributed by atoms with E-state index in [0.29, 0.717) is 40.5 Å². The number of nitrogens with one attached hydrogen (secondary N) is 3. The van der Waals surface area contributed by atoms with E-state index in [4.69, 9.17) is 15.2 Å². The summed E-state index contributed by atoms with van der Waals surface area (Å²) < 4.78 is 12.4. The van der Waals surface area contributed by atoms with E-state index in [9.17, 15) is 4.79 Å². The van der Waals surface area contributed by atoms with Gasteiger partial charge in [0.15, 0.2) is 11.5 Å². The first kappa shape index (κ1) is 20.7. The first-order chi connectivity index (χ1) is 15.1. The zero-order chi connectivity index (χ0) is 21.8. The molecule has 1 unspecified atom stereocenters. The summed E-state index contributed by atoms with van der Waals surface area (Å²) in [5.74, 6) is 1.99. The predicted molar refractivity (Wildman–Crippen MR) is 118 cm³/mol. The SMILES string of the molecule is COc1cc(Nc2nc(NCC3CCCNC3)n3ccnc3c2C(N)=O)cc(OC)c1. The molecule has 0 spiro atoms. The number of hydrogen-bond donors (Lipinski definition) is 4. The maximum atomic E-state index is 12.3. The number of hydrogen-bond acceptors (Lipinski definition) is 8. The lowest BCUT2D eigenvalue weighted by molar-refractivity contribution is 0.100. The molecule has 1 amide bonds. The monoisotopic (exact) mass is 425 g/mol. The molecule has 1 saturated heterocycles. The number of anilines is 3. The summed E-state index contributed by atoms with van der Waals surface area (Å²) in [4.78, 5) is 21.3. The van der Waals surface area contributed by atoms with E-state index >= 15 is 0 Å². The second-order valence-electron chi connectivity index (χ2n) is 7.46. The zero-order valence-electron chi connectivity index (χ0n) is 17.6. The van der Waals surface area contributed by atoms with Gasteiger partial charge in [0, 0.05) is 42.8 Å². The van der Waals surface area contributed by atoms with Gasteiger partial charge in [0.05, 0.1) is 14.2 Å². The maximum absolute atomic E-state index is 12.3. The lowest BCUT2D eigenvalue weighted by atomic mass is 10.00. The molecule has 3 aromatic rings. The highest BCUT2D eigenvalue weighted by Crippen LogP contribution is 2.30. The summed E-state index contributed by atoms with van der Waals surface area (Å²) in [5.41, 5.74) is 6.98. The highest BCUT2D eigenvalue weighted by Gasteiger charge is 2.21. The lowest BCUT2D eigenvalue weighted by Crippen LogP contribution is -2.34. The minimum Gasteiger partial charge on any atom is -0.497 e. The van der Waals surface area contributed by atoms with Crippen LogP contribution in [-0.4, -0.2) is 54.1 Å². The molecule has 1 aliphatic rings. The van der Waals surface area contributed by atoms with Gasteiger partial charge in [0.1, 0.15) is 17.1 Å². The van der Waals surface area contributed by atoms with Crippen LogP contribution in [0.1, 0.15) is 23.2 Å². The smallest absolute Gasteiger partial charge is 0.256 e. The van der Waals surface area contributed by atoms with Crippen LogP contribution in [0.3, 0.4) is 0 Å². The second kappa shape index (κ2) is 9.09. The third kappa shape index (κ3) is 4.48. The number of fused-ring (bicyclic) bond motifs is 1. The molecule has 10 heteroatoms. The van der Waals surface area contributed by atoms with Crippen LogP contribution in [0.4, 0.5) is 17.5 Å². The number of rotatable bonds is 8. The number of benzene rings is 1. The molecular formula is C21H27N7O3.